The van der Waals surface area contributed by atoms with Crippen LogP contribution in [0.1, 0.15) is 16.1 Å². The lowest BCUT2D eigenvalue weighted by Crippen LogP contribution is -2.01. The summed E-state index contributed by atoms with van der Waals surface area (Å²) in [4.78, 5) is 12.2. The molecular weight excluding hydrogens is 267 g/mol. The lowest BCUT2D eigenvalue weighted by atomic mass is 10.1. The number of fused-ring (bicyclic) bond motifs is 1. The van der Waals surface area contributed by atoms with E-state index in [1.807, 2.05) is 18.2 Å². The summed E-state index contributed by atoms with van der Waals surface area (Å²) < 4.78 is 18.6. The van der Waals surface area contributed by atoms with E-state index in [-0.39, 0.29) is 16.3 Å². The highest BCUT2D eigenvalue weighted by Gasteiger charge is 2.17. The third kappa shape index (κ3) is 2.13. The van der Waals surface area contributed by atoms with E-state index in [1.165, 1.54) is 12.1 Å². The van der Waals surface area contributed by atoms with E-state index in [0.717, 1.165) is 11.5 Å². The van der Waals surface area contributed by atoms with Gasteiger partial charge in [0.1, 0.15) is 11.4 Å². The lowest BCUT2D eigenvalue weighted by Gasteiger charge is -2.00. The highest BCUT2D eigenvalue weighted by molar-refractivity contribution is 6.34. The van der Waals surface area contributed by atoms with Crippen molar-refractivity contribution in [2.75, 3.05) is 0 Å². The van der Waals surface area contributed by atoms with Gasteiger partial charge in [0.25, 0.3) is 0 Å². The second-order valence-electron chi connectivity index (χ2n) is 4.10. The molecule has 1 heterocycles. The fourth-order valence-electron chi connectivity index (χ4n) is 1.90. The number of carbonyl (C=O) groups is 1. The maximum atomic E-state index is 13.2. The van der Waals surface area contributed by atoms with Gasteiger partial charge in [-0.2, -0.15) is 0 Å². The molecule has 0 fully saturated rings. The standard InChI is InChI=1S/C15H8ClFO2/c16-12-6-5-10(17)8-11(12)15(18)14-7-9-3-1-2-4-13(9)19-14/h1-8H. The molecule has 0 N–H and O–H groups in total. The average Bonchev–Trinajstić information content (AvgIpc) is 2.84. The number of ketones is 1. The molecule has 4 heteroatoms. The molecule has 0 unspecified atom stereocenters. The van der Waals surface area contributed by atoms with Crippen molar-refractivity contribution in [1.82, 2.24) is 0 Å². The van der Waals surface area contributed by atoms with Crippen LogP contribution >= 0.6 is 11.6 Å². The number of halogens is 2. The highest BCUT2D eigenvalue weighted by Crippen LogP contribution is 2.25. The molecule has 3 rings (SSSR count). The molecule has 0 saturated carbocycles. The zero-order valence-corrected chi connectivity index (χ0v) is 10.4. The van der Waals surface area contributed by atoms with Crippen LogP contribution in [0.4, 0.5) is 4.39 Å². The lowest BCUT2D eigenvalue weighted by molar-refractivity contribution is 0.101. The van der Waals surface area contributed by atoms with Crippen molar-refractivity contribution in [3.63, 3.8) is 0 Å². The zero-order chi connectivity index (χ0) is 13.4. The minimum atomic E-state index is -0.510. The monoisotopic (exact) mass is 274 g/mol. The molecular formula is C15H8ClFO2. The maximum Gasteiger partial charge on any atom is 0.229 e. The van der Waals surface area contributed by atoms with Crippen molar-refractivity contribution >= 4 is 28.4 Å². The summed E-state index contributed by atoms with van der Waals surface area (Å²) >= 11 is 5.91. The third-order valence-corrected chi connectivity index (χ3v) is 3.15. The second-order valence-corrected chi connectivity index (χ2v) is 4.51. The van der Waals surface area contributed by atoms with Crippen LogP contribution in [0.15, 0.2) is 52.9 Å². The van der Waals surface area contributed by atoms with Gasteiger partial charge in [0.15, 0.2) is 5.76 Å². The molecule has 0 radical (unpaired) electrons. The van der Waals surface area contributed by atoms with Crippen LogP contribution in [0.25, 0.3) is 11.0 Å². The first kappa shape index (κ1) is 11.9. The van der Waals surface area contributed by atoms with Gasteiger partial charge in [-0.15, -0.1) is 0 Å². The summed E-state index contributed by atoms with van der Waals surface area (Å²) in [5, 5.41) is 1.02. The molecule has 0 aliphatic carbocycles. The number of rotatable bonds is 2. The average molecular weight is 275 g/mol. The molecule has 1 aromatic heterocycles. The van der Waals surface area contributed by atoms with Gasteiger partial charge < -0.3 is 4.42 Å². The van der Waals surface area contributed by atoms with Gasteiger partial charge in [-0.3, -0.25) is 4.79 Å². The van der Waals surface area contributed by atoms with Crippen molar-refractivity contribution in [2.45, 2.75) is 0 Å². The normalized spacial score (nSPS) is 10.8. The van der Waals surface area contributed by atoms with Crippen LogP contribution in [-0.2, 0) is 0 Å². The van der Waals surface area contributed by atoms with Crippen molar-refractivity contribution in [1.29, 1.82) is 0 Å². The molecule has 2 nitrogen and oxygen atoms in total. The molecule has 0 amide bonds. The van der Waals surface area contributed by atoms with Crippen LogP contribution < -0.4 is 0 Å². The fourth-order valence-corrected chi connectivity index (χ4v) is 2.10. The van der Waals surface area contributed by atoms with Crippen molar-refractivity contribution in [2.24, 2.45) is 0 Å². The molecule has 94 valence electrons. The Hall–Kier alpha value is -2.13. The highest BCUT2D eigenvalue weighted by atomic mass is 35.5. The van der Waals surface area contributed by atoms with Crippen LogP contribution in [0.5, 0.6) is 0 Å². The molecule has 0 aliphatic rings. The molecule has 0 spiro atoms. The number of benzene rings is 2. The molecule has 0 atom stereocenters. The minimum Gasteiger partial charge on any atom is -0.453 e. The van der Waals surface area contributed by atoms with Gasteiger partial charge in [-0.05, 0) is 30.3 Å². The largest absolute Gasteiger partial charge is 0.453 e. The zero-order valence-electron chi connectivity index (χ0n) is 9.69. The topological polar surface area (TPSA) is 30.2 Å². The Bertz CT molecular complexity index is 744. The third-order valence-electron chi connectivity index (χ3n) is 2.82. The molecule has 19 heavy (non-hydrogen) atoms. The Morgan fingerprint density at radius 3 is 2.68 bits per heavy atom. The molecule has 3 aromatic rings. The SMILES string of the molecule is O=C(c1cc2ccccc2o1)c1cc(F)ccc1Cl. The summed E-state index contributed by atoms with van der Waals surface area (Å²) in [6, 6.07) is 12.6. The summed E-state index contributed by atoms with van der Waals surface area (Å²) in [5.74, 6) is -0.793. The minimum absolute atomic E-state index is 0.0979. The second kappa shape index (κ2) is 4.52. The van der Waals surface area contributed by atoms with Gasteiger partial charge in [0.2, 0.25) is 5.78 Å². The van der Waals surface area contributed by atoms with Gasteiger partial charge in [-0.25, -0.2) is 4.39 Å². The summed E-state index contributed by atoms with van der Waals surface area (Å²) in [6.07, 6.45) is 0. The van der Waals surface area contributed by atoms with Crippen LogP contribution in [-0.4, -0.2) is 5.78 Å². The number of para-hydroxylation sites is 1. The van der Waals surface area contributed by atoms with E-state index in [9.17, 15) is 9.18 Å². The van der Waals surface area contributed by atoms with Crippen molar-refractivity contribution < 1.29 is 13.6 Å². The van der Waals surface area contributed by atoms with Crippen LogP contribution in [0.2, 0.25) is 5.02 Å². The van der Waals surface area contributed by atoms with E-state index < -0.39 is 11.6 Å². The fraction of sp³-hybridized carbons (Fsp3) is 0. The maximum absolute atomic E-state index is 13.2. The summed E-state index contributed by atoms with van der Waals surface area (Å²) in [6.45, 7) is 0. The Morgan fingerprint density at radius 2 is 1.89 bits per heavy atom. The van der Waals surface area contributed by atoms with Crippen molar-refractivity contribution in [3.05, 3.63) is 70.7 Å². The summed E-state index contributed by atoms with van der Waals surface area (Å²) in [5.41, 5.74) is 0.707. The van der Waals surface area contributed by atoms with Crippen LogP contribution in [0.3, 0.4) is 0 Å². The number of carbonyl (C=O) groups excluding carboxylic acids is 1. The van der Waals surface area contributed by atoms with Gasteiger partial charge in [0, 0.05) is 10.9 Å². The first-order valence-corrected chi connectivity index (χ1v) is 6.01. The van der Waals surface area contributed by atoms with Gasteiger partial charge in [-0.1, -0.05) is 29.8 Å². The predicted molar refractivity (Wildman–Crippen MR) is 71.1 cm³/mol. The number of furan rings is 1. The Balaban J connectivity index is 2.10. The van der Waals surface area contributed by atoms with Crippen LogP contribution in [0, 0.1) is 5.82 Å². The van der Waals surface area contributed by atoms with E-state index in [0.29, 0.717) is 5.58 Å². The predicted octanol–water partition coefficient (Wildman–Crippen LogP) is 4.46. The first-order valence-electron chi connectivity index (χ1n) is 5.63. The number of hydrogen-bond acceptors (Lipinski definition) is 2. The smallest absolute Gasteiger partial charge is 0.229 e. The van der Waals surface area contributed by atoms with E-state index in [1.54, 1.807) is 12.1 Å². The van der Waals surface area contributed by atoms with Gasteiger partial charge >= 0.3 is 0 Å². The van der Waals surface area contributed by atoms with Gasteiger partial charge in [0.05, 0.1) is 5.02 Å². The summed E-state index contributed by atoms with van der Waals surface area (Å²) in [7, 11) is 0. The van der Waals surface area contributed by atoms with Crippen molar-refractivity contribution in [3.8, 4) is 0 Å². The molecule has 0 aliphatic heterocycles. The van der Waals surface area contributed by atoms with E-state index in [4.69, 9.17) is 16.0 Å². The molecule has 0 bridgehead atoms. The number of hydrogen-bond donors (Lipinski definition) is 0. The first-order chi connectivity index (χ1) is 9.15. The van der Waals surface area contributed by atoms with E-state index in [2.05, 4.69) is 0 Å². The van der Waals surface area contributed by atoms with E-state index >= 15 is 0 Å². The molecule has 2 aromatic carbocycles. The molecule has 0 saturated heterocycles. The Kier molecular flexibility index (Phi) is 2.84. The Morgan fingerprint density at radius 1 is 1.11 bits per heavy atom. The Labute approximate surface area is 113 Å². The quantitative estimate of drug-likeness (QED) is 0.646.